The molecule has 2 bridgehead atoms. The molecule has 47 heavy (non-hydrogen) atoms. The normalized spacial score (nSPS) is 33.0. The predicted molar refractivity (Wildman–Crippen MR) is 158 cm³/mol. The number of carbonyl (C=O) groups excluding carboxylic acids is 3. The van der Waals surface area contributed by atoms with E-state index < -0.39 is 83.3 Å². The number of ether oxygens (including phenoxy) is 2. The molecular formula is C33H39F5N4O5. The van der Waals surface area contributed by atoms with E-state index in [1.807, 2.05) is 0 Å². The SMILES string of the molecule is C[C@@H]1[C@@H]2CN(C(=O)[C@H](C(C)(C)C)NC(=O)O[C@@H]3CC4CC4[C@H]3CCCCC(F)(F)c3nc4ccc(C(F)(F)F)cc4nc3O2)[C@@H]1C=O. The molecule has 3 fully saturated rings. The topological polar surface area (TPSA) is 111 Å². The summed E-state index contributed by atoms with van der Waals surface area (Å²) in [6.45, 7) is 6.65. The minimum absolute atomic E-state index is 0.00358. The summed E-state index contributed by atoms with van der Waals surface area (Å²) in [6.07, 6.45) is -4.19. The van der Waals surface area contributed by atoms with Crippen LogP contribution < -0.4 is 10.1 Å². The van der Waals surface area contributed by atoms with Crippen LogP contribution in [0.2, 0.25) is 0 Å². The van der Waals surface area contributed by atoms with E-state index in [0.29, 0.717) is 37.4 Å². The van der Waals surface area contributed by atoms with Gasteiger partial charge in [0.2, 0.25) is 11.8 Å². The molecule has 2 amide bonds. The van der Waals surface area contributed by atoms with E-state index in [1.54, 1.807) is 27.7 Å². The Morgan fingerprint density at radius 1 is 1.00 bits per heavy atom. The molecule has 6 rings (SSSR count). The Balaban J connectivity index is 1.41. The molecule has 2 unspecified atom stereocenters. The van der Waals surface area contributed by atoms with Gasteiger partial charge in [0.05, 0.1) is 29.2 Å². The first-order chi connectivity index (χ1) is 22.0. The van der Waals surface area contributed by atoms with E-state index in [9.17, 15) is 27.6 Å². The van der Waals surface area contributed by atoms with Crippen molar-refractivity contribution in [2.45, 2.75) is 103 Å². The van der Waals surface area contributed by atoms with Crippen LogP contribution in [0.1, 0.15) is 77.5 Å². The van der Waals surface area contributed by atoms with Crippen molar-refractivity contribution >= 4 is 29.3 Å². The monoisotopic (exact) mass is 666 g/mol. The van der Waals surface area contributed by atoms with Crippen LogP contribution in [-0.4, -0.2) is 64.0 Å². The number of hydrogen-bond acceptors (Lipinski definition) is 7. The van der Waals surface area contributed by atoms with Crippen LogP contribution >= 0.6 is 0 Å². The number of benzene rings is 1. The van der Waals surface area contributed by atoms with E-state index in [1.165, 1.54) is 4.90 Å². The number of halogens is 5. The lowest BCUT2D eigenvalue weighted by molar-refractivity contribution is -0.139. The highest BCUT2D eigenvalue weighted by Gasteiger charge is 2.55. The minimum Gasteiger partial charge on any atom is -0.471 e. The fourth-order valence-corrected chi connectivity index (χ4v) is 7.54. The van der Waals surface area contributed by atoms with Gasteiger partial charge in [-0.25, -0.2) is 14.8 Å². The van der Waals surface area contributed by atoms with Crippen molar-refractivity contribution in [3.05, 3.63) is 29.5 Å². The Kier molecular flexibility index (Phi) is 8.39. The van der Waals surface area contributed by atoms with E-state index >= 15 is 8.78 Å². The molecule has 1 N–H and O–H groups in total. The van der Waals surface area contributed by atoms with Gasteiger partial charge in [-0.05, 0) is 67.1 Å². The summed E-state index contributed by atoms with van der Waals surface area (Å²) in [5.41, 5.74) is -3.09. The van der Waals surface area contributed by atoms with Crippen molar-refractivity contribution in [2.24, 2.45) is 29.1 Å². The second-order valence-electron chi connectivity index (χ2n) is 14.6. The number of rotatable bonds is 1. The third kappa shape index (κ3) is 6.48. The van der Waals surface area contributed by atoms with Crippen LogP contribution in [0.25, 0.3) is 11.0 Å². The fraction of sp³-hybridized carbons (Fsp3) is 0.667. The van der Waals surface area contributed by atoms with Crippen molar-refractivity contribution < 1.29 is 45.8 Å². The number of amides is 2. The van der Waals surface area contributed by atoms with Crippen LogP contribution in [0.3, 0.4) is 0 Å². The van der Waals surface area contributed by atoms with Crippen molar-refractivity contribution in [1.29, 1.82) is 0 Å². The average molecular weight is 667 g/mol. The van der Waals surface area contributed by atoms with E-state index in [-0.39, 0.29) is 29.9 Å². The number of aldehydes is 1. The van der Waals surface area contributed by atoms with Gasteiger partial charge in [-0.1, -0.05) is 34.1 Å². The fourth-order valence-electron chi connectivity index (χ4n) is 7.54. The Bertz CT molecular complexity index is 1560. The largest absolute Gasteiger partial charge is 0.471 e. The molecule has 14 heteroatoms. The van der Waals surface area contributed by atoms with Crippen LogP contribution in [0.5, 0.6) is 5.88 Å². The van der Waals surface area contributed by atoms with Gasteiger partial charge in [0.1, 0.15) is 24.5 Å². The maximum atomic E-state index is 16.0. The van der Waals surface area contributed by atoms with Crippen LogP contribution in [0, 0.1) is 29.1 Å². The molecule has 8 atom stereocenters. The third-order valence-corrected chi connectivity index (χ3v) is 10.3. The van der Waals surface area contributed by atoms with Gasteiger partial charge in [-0.15, -0.1) is 0 Å². The second-order valence-corrected chi connectivity index (χ2v) is 14.6. The molecule has 0 spiro atoms. The average Bonchev–Trinajstić information content (AvgIpc) is 3.56. The molecule has 1 aromatic heterocycles. The Morgan fingerprint density at radius 2 is 1.74 bits per heavy atom. The number of nitrogens with zero attached hydrogens (tertiary/aromatic N) is 3. The van der Waals surface area contributed by atoms with E-state index in [4.69, 9.17) is 9.47 Å². The first kappa shape index (κ1) is 33.3. The number of alkyl carbamates (subject to hydrolysis) is 1. The van der Waals surface area contributed by atoms with E-state index in [0.717, 1.165) is 24.6 Å². The van der Waals surface area contributed by atoms with Crippen molar-refractivity contribution in [3.8, 4) is 5.88 Å². The zero-order valence-corrected chi connectivity index (χ0v) is 26.7. The smallest absolute Gasteiger partial charge is 0.416 e. The first-order valence-corrected chi connectivity index (χ1v) is 16.1. The maximum absolute atomic E-state index is 16.0. The van der Waals surface area contributed by atoms with Gasteiger partial charge in [0.25, 0.3) is 5.92 Å². The summed E-state index contributed by atoms with van der Waals surface area (Å²) in [6, 6.07) is 0.340. The molecule has 1 aromatic carbocycles. The van der Waals surface area contributed by atoms with Gasteiger partial charge in [0.15, 0.2) is 5.69 Å². The van der Waals surface area contributed by atoms with Gasteiger partial charge in [-0.2, -0.15) is 22.0 Å². The lowest BCUT2D eigenvalue weighted by Crippen LogP contribution is -2.56. The highest BCUT2D eigenvalue weighted by Crippen LogP contribution is 2.58. The highest BCUT2D eigenvalue weighted by molar-refractivity contribution is 5.89. The maximum Gasteiger partial charge on any atom is 0.416 e. The van der Waals surface area contributed by atoms with E-state index in [2.05, 4.69) is 15.3 Å². The van der Waals surface area contributed by atoms with Gasteiger partial charge >= 0.3 is 12.3 Å². The third-order valence-electron chi connectivity index (χ3n) is 10.3. The Labute approximate surface area is 269 Å². The Hall–Kier alpha value is -3.58. The molecule has 2 aromatic rings. The molecule has 2 saturated carbocycles. The van der Waals surface area contributed by atoms with Crippen molar-refractivity contribution in [2.75, 3.05) is 6.54 Å². The molecule has 2 aliphatic heterocycles. The van der Waals surface area contributed by atoms with Gasteiger partial charge in [-0.3, -0.25) is 4.79 Å². The molecule has 256 valence electrons. The number of alkyl halides is 5. The van der Waals surface area contributed by atoms with Crippen LogP contribution in [0.4, 0.5) is 26.7 Å². The number of fused-ring (bicyclic) bond motifs is 7. The summed E-state index contributed by atoms with van der Waals surface area (Å²) in [5, 5.41) is 2.74. The molecular weight excluding hydrogens is 627 g/mol. The standard InChI is InChI=1S/C33H39F5N4O5/c1-16-23(15-43)42-14-25(16)46-28-26(39-21-9-8-18(33(36,37)38)13-22(21)40-28)32(34,35)10-6-5-7-19-20-11-17(20)12-24(19)47-30(45)41-27(29(42)44)31(2,3)4/h8-9,13,15-17,19-20,23-25,27H,5-7,10-12,14H2,1-4H3,(H,41,45)/t16-,17?,19+,20?,23+,24+,25-,27+/m0/s1. The zero-order chi connectivity index (χ0) is 34.1. The lowest BCUT2D eigenvalue weighted by atomic mass is 9.85. The molecule has 1 saturated heterocycles. The molecule has 0 radical (unpaired) electrons. The molecule has 9 nitrogen and oxygen atoms in total. The van der Waals surface area contributed by atoms with Gasteiger partial charge < -0.3 is 24.5 Å². The zero-order valence-electron chi connectivity index (χ0n) is 26.7. The van der Waals surface area contributed by atoms with Crippen LogP contribution in [0.15, 0.2) is 18.2 Å². The number of aromatic nitrogens is 2. The molecule has 3 heterocycles. The summed E-state index contributed by atoms with van der Waals surface area (Å²) in [5.74, 6) is -4.75. The number of nitrogens with one attached hydrogen (secondary N) is 1. The summed E-state index contributed by atoms with van der Waals surface area (Å²) in [7, 11) is 0. The van der Waals surface area contributed by atoms with Crippen LogP contribution in [-0.2, 0) is 26.4 Å². The predicted octanol–water partition coefficient (Wildman–Crippen LogP) is 6.27. The van der Waals surface area contributed by atoms with Gasteiger partial charge in [0, 0.05) is 12.3 Å². The summed E-state index contributed by atoms with van der Waals surface area (Å²) < 4.78 is 84.4. The molecule has 2 aliphatic carbocycles. The minimum atomic E-state index is -4.71. The first-order valence-electron chi connectivity index (χ1n) is 16.1. The van der Waals surface area contributed by atoms with Crippen molar-refractivity contribution in [1.82, 2.24) is 20.2 Å². The second kappa shape index (κ2) is 11.8. The highest BCUT2D eigenvalue weighted by atomic mass is 19.4. The quantitative estimate of drug-likeness (QED) is 0.282. The summed E-state index contributed by atoms with van der Waals surface area (Å²) >= 11 is 0. The summed E-state index contributed by atoms with van der Waals surface area (Å²) in [4.78, 5) is 49.0. The van der Waals surface area contributed by atoms with Crippen molar-refractivity contribution in [3.63, 3.8) is 0 Å². The Morgan fingerprint density at radius 3 is 2.43 bits per heavy atom. The number of carbonyl (C=O) groups is 3. The number of hydrogen-bond donors (Lipinski definition) is 1. The lowest BCUT2D eigenvalue weighted by Gasteiger charge is -2.35. The molecule has 4 aliphatic rings.